The summed E-state index contributed by atoms with van der Waals surface area (Å²) < 4.78 is 71.5. The van der Waals surface area contributed by atoms with Crippen LogP contribution >= 0.6 is 0 Å². The molecule has 0 bridgehead atoms. The van der Waals surface area contributed by atoms with Crippen LogP contribution in [0.3, 0.4) is 0 Å². The number of sulfonamides is 1. The number of methoxy groups -OCH3 is 2. The minimum absolute atomic E-state index is 0.0141. The lowest BCUT2D eigenvalue weighted by molar-refractivity contribution is -0.286. The van der Waals surface area contributed by atoms with Crippen LogP contribution < -0.4 is 23.7 Å². The Balaban J connectivity index is 0.000000196. The Morgan fingerprint density at radius 3 is 1.79 bits per heavy atom. The van der Waals surface area contributed by atoms with Gasteiger partial charge in [0.2, 0.25) is 21.8 Å². The number of halogens is 2. The summed E-state index contributed by atoms with van der Waals surface area (Å²) in [6, 6.07) is 27.3. The molecule has 7 rings (SSSR count). The minimum atomic E-state index is -3.67. The van der Waals surface area contributed by atoms with E-state index >= 15 is 0 Å². The van der Waals surface area contributed by atoms with Crippen molar-refractivity contribution in [3.8, 4) is 23.0 Å². The molecule has 0 spiro atoms. The van der Waals surface area contributed by atoms with Crippen molar-refractivity contribution in [1.82, 2.24) is 19.6 Å². The number of benzene rings is 4. The van der Waals surface area contributed by atoms with Crippen LogP contribution in [-0.2, 0) is 32.5 Å². The van der Waals surface area contributed by atoms with Gasteiger partial charge in [0.25, 0.3) is 0 Å². The molecule has 3 heterocycles. The molecule has 58 heavy (non-hydrogen) atoms. The molecule has 310 valence electrons. The zero-order valence-electron chi connectivity index (χ0n) is 33.6. The number of amides is 2. The van der Waals surface area contributed by atoms with E-state index in [0.29, 0.717) is 37.3 Å². The summed E-state index contributed by atoms with van der Waals surface area (Å²) in [5.41, 5.74) is 3.61. The quantitative estimate of drug-likeness (QED) is 0.185. The number of likely N-dealkylation sites (N-methyl/N-ethyl adjacent to an activating group) is 2. The first-order valence-corrected chi connectivity index (χ1v) is 20.6. The number of ether oxygens (including phenoxy) is 4. The van der Waals surface area contributed by atoms with Crippen molar-refractivity contribution >= 4 is 27.5 Å². The second-order valence-corrected chi connectivity index (χ2v) is 16.7. The van der Waals surface area contributed by atoms with Crippen molar-refractivity contribution in [3.05, 3.63) is 113 Å². The number of hydrogen-bond acceptors (Lipinski definition) is 10. The first-order chi connectivity index (χ1) is 27.4. The van der Waals surface area contributed by atoms with E-state index in [9.17, 15) is 26.8 Å². The fourth-order valence-electron chi connectivity index (χ4n) is 7.35. The van der Waals surface area contributed by atoms with Gasteiger partial charge >= 0.3 is 6.29 Å². The molecule has 2 atom stereocenters. The molecule has 4 aromatic carbocycles. The molecule has 2 saturated heterocycles. The molecule has 0 saturated carbocycles. The Morgan fingerprint density at radius 1 is 0.741 bits per heavy atom. The first kappa shape index (κ1) is 42.2. The molecule has 4 aromatic rings. The van der Waals surface area contributed by atoms with E-state index < -0.39 is 28.0 Å². The molecule has 2 fully saturated rings. The molecule has 2 unspecified atom stereocenters. The summed E-state index contributed by atoms with van der Waals surface area (Å²) in [4.78, 5) is 33.3. The van der Waals surface area contributed by atoms with Crippen LogP contribution in [0, 0.1) is 0 Å². The third-order valence-corrected chi connectivity index (χ3v) is 11.2. The number of anilines is 1. The highest BCUT2D eigenvalue weighted by Crippen LogP contribution is 2.45. The maximum absolute atomic E-state index is 13.4. The summed E-state index contributed by atoms with van der Waals surface area (Å²) in [7, 11) is 3.70. The Bertz CT molecular complexity index is 2210. The monoisotopic (exact) mass is 821 g/mol. The lowest BCUT2D eigenvalue weighted by Crippen LogP contribution is -2.41. The van der Waals surface area contributed by atoms with Gasteiger partial charge in [-0.15, -0.1) is 8.78 Å². The van der Waals surface area contributed by atoms with Gasteiger partial charge < -0.3 is 28.7 Å². The van der Waals surface area contributed by atoms with E-state index in [0.717, 1.165) is 40.9 Å². The van der Waals surface area contributed by atoms with Gasteiger partial charge in [-0.2, -0.15) is 0 Å². The SMILES string of the molecule is COc1ccc(CCN2C(=O)C(C)(C)N(C)C2c2ccc3c(c2)OC(F)(F)O3)cc1.COc1ccc(CCN2C(=O)CN(C)C2c2ccc(NS(C)(=O)=O)cc2)cc1. The summed E-state index contributed by atoms with van der Waals surface area (Å²) in [5, 5.41) is 0. The number of carbonyl (C=O) groups is 2. The highest BCUT2D eigenvalue weighted by atomic mass is 32.2. The number of rotatable bonds is 12. The maximum atomic E-state index is 13.4. The largest absolute Gasteiger partial charge is 0.586 e. The Labute approximate surface area is 338 Å². The molecular weight excluding hydrogens is 773 g/mol. The number of nitrogens with one attached hydrogen (secondary N) is 1. The van der Waals surface area contributed by atoms with E-state index in [-0.39, 0.29) is 29.5 Å². The third kappa shape index (κ3) is 9.46. The van der Waals surface area contributed by atoms with Crippen LogP contribution in [-0.4, -0.2) is 106 Å². The van der Waals surface area contributed by atoms with Gasteiger partial charge in [0.15, 0.2) is 11.5 Å². The van der Waals surface area contributed by atoms with E-state index in [1.165, 1.54) is 12.1 Å². The van der Waals surface area contributed by atoms with Crippen molar-refractivity contribution < 1.29 is 45.7 Å². The van der Waals surface area contributed by atoms with Gasteiger partial charge in [-0.3, -0.25) is 24.1 Å². The molecular formula is C42H49F2N5O8S. The standard InChI is InChI=1S/C22H24F2N2O4.C20H25N3O4S/c1-21(2)20(27)26(12-11-14-5-8-16(28-4)9-6-14)19(25(21)3)15-7-10-17-18(13-15)30-22(23,24)29-17;1-22-14-19(24)23(13-12-15-4-10-18(27-2)11-5-15)20(22)16-6-8-17(9-7-16)21-28(3,25)26/h5-10,13,19H,11-12H2,1-4H3;4-11,20-21H,12-14H2,1-3H3. The number of fused-ring (bicyclic) bond motifs is 1. The van der Waals surface area contributed by atoms with E-state index in [2.05, 4.69) is 14.2 Å². The second-order valence-electron chi connectivity index (χ2n) is 15.0. The minimum Gasteiger partial charge on any atom is -0.497 e. The zero-order chi connectivity index (χ0) is 42.0. The molecule has 0 aromatic heterocycles. The molecule has 13 nitrogen and oxygen atoms in total. The average molecular weight is 822 g/mol. The molecule has 1 N–H and O–H groups in total. The van der Waals surface area contributed by atoms with E-state index in [1.54, 1.807) is 37.3 Å². The Hall–Kier alpha value is -5.45. The first-order valence-electron chi connectivity index (χ1n) is 18.7. The van der Waals surface area contributed by atoms with Crippen LogP contribution in [0.5, 0.6) is 23.0 Å². The highest BCUT2D eigenvalue weighted by Gasteiger charge is 2.51. The number of hydrogen-bond donors (Lipinski definition) is 1. The van der Waals surface area contributed by atoms with Crippen molar-refractivity contribution in [2.24, 2.45) is 0 Å². The predicted octanol–water partition coefficient (Wildman–Crippen LogP) is 5.89. The number of carbonyl (C=O) groups excluding carboxylic acids is 2. The van der Waals surface area contributed by atoms with E-state index in [1.807, 2.05) is 103 Å². The molecule has 0 radical (unpaired) electrons. The summed E-state index contributed by atoms with van der Waals surface area (Å²) in [5.74, 6) is 1.59. The molecule has 2 amide bonds. The van der Waals surface area contributed by atoms with Crippen LogP contribution in [0.2, 0.25) is 0 Å². The van der Waals surface area contributed by atoms with Crippen LogP contribution in [0.25, 0.3) is 0 Å². The average Bonchev–Trinajstić information content (AvgIpc) is 3.72. The number of nitrogens with zero attached hydrogens (tertiary/aromatic N) is 4. The van der Waals surface area contributed by atoms with Gasteiger partial charge in [-0.25, -0.2) is 8.42 Å². The summed E-state index contributed by atoms with van der Waals surface area (Å²) in [6.07, 6.45) is -1.74. The fraction of sp³-hybridized carbons (Fsp3) is 0.381. The second kappa shape index (κ2) is 16.8. The molecule has 16 heteroatoms. The summed E-state index contributed by atoms with van der Waals surface area (Å²) in [6.45, 7) is 5.15. The van der Waals surface area contributed by atoms with Crippen LogP contribution in [0.15, 0.2) is 91.0 Å². The lowest BCUT2D eigenvalue weighted by atomic mass is 10.0. The van der Waals surface area contributed by atoms with Crippen molar-refractivity contribution in [2.45, 2.75) is 50.9 Å². The lowest BCUT2D eigenvalue weighted by Gasteiger charge is -2.30. The van der Waals surface area contributed by atoms with Gasteiger partial charge in [-0.05, 0) is 112 Å². The van der Waals surface area contributed by atoms with Crippen molar-refractivity contribution in [3.63, 3.8) is 0 Å². The third-order valence-electron chi connectivity index (χ3n) is 10.6. The summed E-state index contributed by atoms with van der Waals surface area (Å²) >= 11 is 0. The Morgan fingerprint density at radius 2 is 1.26 bits per heavy atom. The van der Waals surface area contributed by atoms with Crippen molar-refractivity contribution in [1.29, 1.82) is 0 Å². The van der Waals surface area contributed by atoms with E-state index in [4.69, 9.17) is 9.47 Å². The maximum Gasteiger partial charge on any atom is 0.586 e. The fourth-order valence-corrected chi connectivity index (χ4v) is 7.91. The predicted molar refractivity (Wildman–Crippen MR) is 214 cm³/mol. The van der Waals surface area contributed by atoms with Gasteiger partial charge in [0.05, 0.1) is 32.6 Å². The molecule has 3 aliphatic heterocycles. The van der Waals surface area contributed by atoms with Gasteiger partial charge in [0.1, 0.15) is 23.8 Å². The van der Waals surface area contributed by atoms with Gasteiger partial charge in [0, 0.05) is 18.8 Å². The van der Waals surface area contributed by atoms with Crippen molar-refractivity contribution in [2.75, 3.05) is 58.9 Å². The van der Waals surface area contributed by atoms with Crippen LogP contribution in [0.1, 0.15) is 48.4 Å². The zero-order valence-corrected chi connectivity index (χ0v) is 34.4. The van der Waals surface area contributed by atoms with Gasteiger partial charge in [-0.1, -0.05) is 42.5 Å². The Kier molecular flexibility index (Phi) is 12.2. The number of alkyl halides is 2. The van der Waals surface area contributed by atoms with Crippen LogP contribution in [0.4, 0.5) is 14.5 Å². The smallest absolute Gasteiger partial charge is 0.497 e. The molecule has 0 aliphatic carbocycles. The topological polar surface area (TPSA) is 130 Å². The highest BCUT2D eigenvalue weighted by molar-refractivity contribution is 7.92. The normalized spacial score (nSPS) is 19.9. The molecule has 3 aliphatic rings.